The second-order valence-corrected chi connectivity index (χ2v) is 2.44. The number of hydrogen-bond donors (Lipinski definition) is 1. The summed E-state index contributed by atoms with van der Waals surface area (Å²) in [6, 6.07) is 3.56. The van der Waals surface area contributed by atoms with E-state index in [4.69, 9.17) is 5.11 Å². The van der Waals surface area contributed by atoms with Gasteiger partial charge in [-0.1, -0.05) is 6.07 Å². The number of aryl methyl sites for hydroxylation is 2. The van der Waals surface area contributed by atoms with Crippen molar-refractivity contribution in [3.63, 3.8) is 0 Å². The third-order valence-corrected chi connectivity index (χ3v) is 1.37. The lowest BCUT2D eigenvalue weighted by molar-refractivity contribution is 0.142. The fraction of sp³-hybridized carbons (Fsp3) is 0.250. The van der Waals surface area contributed by atoms with Crippen molar-refractivity contribution in [3.05, 3.63) is 23.4 Å². The summed E-state index contributed by atoms with van der Waals surface area (Å²) in [7, 11) is 0. The largest absolute Gasteiger partial charge is 0.512 e. The lowest BCUT2D eigenvalue weighted by Crippen LogP contribution is -2.06. The van der Waals surface area contributed by atoms with Gasteiger partial charge in [0, 0.05) is 11.3 Å². The standard InChI is InChI=1S/C8H9NO3/c1-5-3-4-6(2)9-7(5)12-8(10)11/h3-4H,1-2H3,(H,10,11). The van der Waals surface area contributed by atoms with E-state index < -0.39 is 6.16 Å². The lowest BCUT2D eigenvalue weighted by Gasteiger charge is -2.02. The van der Waals surface area contributed by atoms with Gasteiger partial charge in [-0.05, 0) is 19.9 Å². The summed E-state index contributed by atoms with van der Waals surface area (Å²) in [6.07, 6.45) is -1.34. The Balaban J connectivity index is 2.97. The van der Waals surface area contributed by atoms with Gasteiger partial charge in [-0.3, -0.25) is 0 Å². The van der Waals surface area contributed by atoms with Crippen molar-refractivity contribution >= 4 is 6.16 Å². The molecule has 0 atom stereocenters. The van der Waals surface area contributed by atoms with E-state index in [0.717, 1.165) is 5.69 Å². The van der Waals surface area contributed by atoms with E-state index in [1.165, 1.54) is 0 Å². The van der Waals surface area contributed by atoms with Crippen molar-refractivity contribution < 1.29 is 14.6 Å². The van der Waals surface area contributed by atoms with Gasteiger partial charge in [-0.2, -0.15) is 0 Å². The third-order valence-electron chi connectivity index (χ3n) is 1.37. The monoisotopic (exact) mass is 167 g/mol. The van der Waals surface area contributed by atoms with Crippen molar-refractivity contribution in [1.82, 2.24) is 4.98 Å². The van der Waals surface area contributed by atoms with Crippen LogP contribution in [-0.2, 0) is 0 Å². The average Bonchev–Trinajstić information content (AvgIpc) is 1.96. The molecule has 1 aromatic heterocycles. The minimum Gasteiger partial charge on any atom is -0.449 e. The molecule has 4 heteroatoms. The van der Waals surface area contributed by atoms with Gasteiger partial charge in [0.2, 0.25) is 5.88 Å². The first-order chi connectivity index (χ1) is 5.59. The molecule has 0 fully saturated rings. The van der Waals surface area contributed by atoms with Crippen LogP contribution in [0.2, 0.25) is 0 Å². The molecule has 0 spiro atoms. The van der Waals surface area contributed by atoms with Gasteiger partial charge in [-0.25, -0.2) is 9.78 Å². The van der Waals surface area contributed by atoms with E-state index in [-0.39, 0.29) is 5.88 Å². The highest BCUT2D eigenvalue weighted by atomic mass is 16.7. The van der Waals surface area contributed by atoms with Crippen molar-refractivity contribution in [2.45, 2.75) is 13.8 Å². The summed E-state index contributed by atoms with van der Waals surface area (Å²) in [4.78, 5) is 14.1. The number of pyridine rings is 1. The highest BCUT2D eigenvalue weighted by Gasteiger charge is 2.05. The Hall–Kier alpha value is -1.58. The van der Waals surface area contributed by atoms with Crippen LogP contribution in [0.25, 0.3) is 0 Å². The summed E-state index contributed by atoms with van der Waals surface area (Å²) in [5.41, 5.74) is 1.44. The molecule has 12 heavy (non-hydrogen) atoms. The summed E-state index contributed by atoms with van der Waals surface area (Å²) in [5, 5.41) is 8.32. The zero-order chi connectivity index (χ0) is 9.14. The molecular formula is C8H9NO3. The van der Waals surface area contributed by atoms with Gasteiger partial charge < -0.3 is 9.84 Å². The predicted molar refractivity (Wildman–Crippen MR) is 42.4 cm³/mol. The quantitative estimate of drug-likeness (QED) is 0.647. The van der Waals surface area contributed by atoms with Crippen LogP contribution in [0.5, 0.6) is 5.88 Å². The number of carbonyl (C=O) groups is 1. The highest BCUT2D eigenvalue weighted by molar-refractivity contribution is 5.60. The van der Waals surface area contributed by atoms with Gasteiger partial charge in [0.15, 0.2) is 0 Å². The smallest absolute Gasteiger partial charge is 0.449 e. The third kappa shape index (κ3) is 1.95. The Kier molecular flexibility index (Phi) is 2.28. The predicted octanol–water partition coefficient (Wildman–Crippen LogP) is 1.76. The van der Waals surface area contributed by atoms with Gasteiger partial charge in [0.1, 0.15) is 0 Å². The number of rotatable bonds is 1. The second kappa shape index (κ2) is 3.21. The summed E-state index contributed by atoms with van der Waals surface area (Å²) in [6.45, 7) is 3.51. The molecule has 4 nitrogen and oxygen atoms in total. The van der Waals surface area contributed by atoms with Crippen molar-refractivity contribution in [3.8, 4) is 5.88 Å². The Morgan fingerprint density at radius 3 is 2.75 bits per heavy atom. The molecule has 0 aliphatic rings. The van der Waals surface area contributed by atoms with Crippen LogP contribution in [0.15, 0.2) is 12.1 Å². The number of ether oxygens (including phenoxy) is 1. The normalized spacial score (nSPS) is 9.50. The number of aromatic nitrogens is 1. The first kappa shape index (κ1) is 8.52. The minimum atomic E-state index is -1.34. The maximum absolute atomic E-state index is 10.2. The molecule has 1 heterocycles. The van der Waals surface area contributed by atoms with Crippen LogP contribution in [-0.4, -0.2) is 16.2 Å². The van der Waals surface area contributed by atoms with E-state index in [1.807, 2.05) is 0 Å². The molecule has 0 amide bonds. The molecule has 0 aliphatic carbocycles. The first-order valence-corrected chi connectivity index (χ1v) is 3.44. The summed E-state index contributed by atoms with van der Waals surface area (Å²) in [5.74, 6) is 0.155. The molecule has 64 valence electrons. The maximum Gasteiger partial charge on any atom is 0.512 e. The fourth-order valence-corrected chi connectivity index (χ4v) is 0.789. The number of hydrogen-bond acceptors (Lipinski definition) is 3. The molecule has 0 radical (unpaired) electrons. The Morgan fingerprint density at radius 1 is 1.50 bits per heavy atom. The van der Waals surface area contributed by atoms with Crippen LogP contribution in [0, 0.1) is 13.8 Å². The molecule has 0 saturated carbocycles. The first-order valence-electron chi connectivity index (χ1n) is 3.44. The Labute approximate surface area is 69.8 Å². The van der Waals surface area contributed by atoms with Crippen LogP contribution in [0.1, 0.15) is 11.3 Å². The molecule has 1 N–H and O–H groups in total. The summed E-state index contributed by atoms with van der Waals surface area (Å²) < 4.78 is 4.43. The highest BCUT2D eigenvalue weighted by Crippen LogP contribution is 2.14. The number of carboxylic acid groups (broad SMARTS) is 1. The van der Waals surface area contributed by atoms with Gasteiger partial charge in [0.05, 0.1) is 0 Å². The molecule has 0 bridgehead atoms. The summed E-state index contributed by atoms with van der Waals surface area (Å²) >= 11 is 0. The molecule has 0 saturated heterocycles. The molecule has 0 unspecified atom stereocenters. The Bertz CT molecular complexity index is 309. The van der Waals surface area contributed by atoms with Gasteiger partial charge >= 0.3 is 6.16 Å². The minimum absolute atomic E-state index is 0.155. The Morgan fingerprint density at radius 2 is 2.17 bits per heavy atom. The van der Waals surface area contributed by atoms with E-state index in [9.17, 15) is 4.79 Å². The van der Waals surface area contributed by atoms with E-state index in [2.05, 4.69) is 9.72 Å². The van der Waals surface area contributed by atoms with Crippen molar-refractivity contribution in [2.24, 2.45) is 0 Å². The average molecular weight is 167 g/mol. The van der Waals surface area contributed by atoms with Gasteiger partial charge in [0.25, 0.3) is 0 Å². The lowest BCUT2D eigenvalue weighted by atomic mass is 10.3. The fourth-order valence-electron chi connectivity index (χ4n) is 0.789. The van der Waals surface area contributed by atoms with E-state index in [0.29, 0.717) is 5.56 Å². The SMILES string of the molecule is Cc1ccc(C)c(OC(=O)O)n1. The van der Waals surface area contributed by atoms with Gasteiger partial charge in [-0.15, -0.1) is 0 Å². The molecule has 1 aromatic rings. The van der Waals surface area contributed by atoms with Crippen LogP contribution >= 0.6 is 0 Å². The maximum atomic E-state index is 10.2. The number of nitrogens with zero attached hydrogens (tertiary/aromatic N) is 1. The van der Waals surface area contributed by atoms with Crippen LogP contribution < -0.4 is 4.74 Å². The van der Waals surface area contributed by atoms with Crippen molar-refractivity contribution in [2.75, 3.05) is 0 Å². The van der Waals surface area contributed by atoms with Crippen LogP contribution in [0.4, 0.5) is 4.79 Å². The second-order valence-electron chi connectivity index (χ2n) is 2.44. The zero-order valence-corrected chi connectivity index (χ0v) is 6.87. The van der Waals surface area contributed by atoms with E-state index >= 15 is 0 Å². The van der Waals surface area contributed by atoms with Crippen LogP contribution in [0.3, 0.4) is 0 Å². The zero-order valence-electron chi connectivity index (χ0n) is 6.87. The van der Waals surface area contributed by atoms with E-state index in [1.54, 1.807) is 26.0 Å². The van der Waals surface area contributed by atoms with Crippen molar-refractivity contribution in [1.29, 1.82) is 0 Å². The topological polar surface area (TPSA) is 59.4 Å². The molecule has 1 rings (SSSR count). The molecular weight excluding hydrogens is 158 g/mol. The molecule has 0 aliphatic heterocycles. The molecule has 0 aromatic carbocycles.